The quantitative estimate of drug-likeness (QED) is 0.847. The summed E-state index contributed by atoms with van der Waals surface area (Å²) in [6.45, 7) is 7.98. The van der Waals surface area contributed by atoms with Crippen LogP contribution in [-0.2, 0) is 17.6 Å². The molecule has 0 spiro atoms. The van der Waals surface area contributed by atoms with E-state index in [-0.39, 0.29) is 11.8 Å². The molecule has 0 bridgehead atoms. The summed E-state index contributed by atoms with van der Waals surface area (Å²) in [6, 6.07) is 5.78. The van der Waals surface area contributed by atoms with Gasteiger partial charge in [-0.1, -0.05) is 6.07 Å². The van der Waals surface area contributed by atoms with Crippen LogP contribution in [0.25, 0.3) is 0 Å². The Balaban J connectivity index is 1.72. The van der Waals surface area contributed by atoms with Crippen LogP contribution in [0.4, 0.5) is 11.6 Å². The molecule has 6 heteroatoms. The summed E-state index contributed by atoms with van der Waals surface area (Å²) in [4.78, 5) is 24.2. The van der Waals surface area contributed by atoms with E-state index in [0.717, 1.165) is 54.4 Å². The number of hydrogen-bond donors (Lipinski definition) is 1. The van der Waals surface area contributed by atoms with Crippen LogP contribution < -0.4 is 15.0 Å². The van der Waals surface area contributed by atoms with Crippen molar-refractivity contribution in [2.75, 3.05) is 30.4 Å². The first-order valence-corrected chi connectivity index (χ1v) is 9.60. The molecule has 1 aliphatic rings. The van der Waals surface area contributed by atoms with E-state index in [9.17, 15) is 4.79 Å². The first-order chi connectivity index (χ1) is 13.0. The Morgan fingerprint density at radius 2 is 2.11 bits per heavy atom. The summed E-state index contributed by atoms with van der Waals surface area (Å²) in [5.41, 5.74) is 3.96. The van der Waals surface area contributed by atoms with Gasteiger partial charge in [0.25, 0.3) is 0 Å². The minimum Gasteiger partial charge on any atom is -0.495 e. The molecule has 1 heterocycles. The Bertz CT molecular complexity index is 818. The lowest BCUT2D eigenvalue weighted by molar-refractivity contribution is -0.120. The Kier molecular flexibility index (Phi) is 5.94. The van der Waals surface area contributed by atoms with Gasteiger partial charge in [-0.05, 0) is 63.3 Å². The van der Waals surface area contributed by atoms with E-state index in [2.05, 4.69) is 29.0 Å². The number of methoxy groups -OCH3 is 1. The molecular formula is C21H28N4O2. The van der Waals surface area contributed by atoms with Gasteiger partial charge in [0.1, 0.15) is 5.75 Å². The number of benzene rings is 1. The third-order valence-corrected chi connectivity index (χ3v) is 5.17. The lowest BCUT2D eigenvalue weighted by Gasteiger charge is -2.25. The van der Waals surface area contributed by atoms with Crippen LogP contribution in [0.1, 0.15) is 37.1 Å². The molecule has 1 aromatic heterocycles. The number of fused-ring (bicyclic) bond motifs is 1. The molecule has 0 saturated heterocycles. The van der Waals surface area contributed by atoms with Crippen LogP contribution in [0.2, 0.25) is 0 Å². The van der Waals surface area contributed by atoms with Crippen molar-refractivity contribution >= 4 is 17.5 Å². The standard InChI is InChI=1S/C21H28N4O2/c1-5-25(6-2)21-22-13-16-12-15(8-9-17(16)24-21)20(26)23-18-11-14(3)7-10-19(18)27-4/h7,10-11,13,15H,5-6,8-9,12H2,1-4H3,(H,23,26). The third kappa shape index (κ3) is 4.21. The number of rotatable bonds is 6. The van der Waals surface area contributed by atoms with Gasteiger partial charge >= 0.3 is 0 Å². The molecule has 1 unspecified atom stereocenters. The molecular weight excluding hydrogens is 340 g/mol. The first-order valence-electron chi connectivity index (χ1n) is 9.60. The van der Waals surface area contributed by atoms with E-state index in [1.165, 1.54) is 0 Å². The Morgan fingerprint density at radius 1 is 1.33 bits per heavy atom. The van der Waals surface area contributed by atoms with Crippen LogP contribution in [0.5, 0.6) is 5.75 Å². The molecule has 27 heavy (non-hydrogen) atoms. The van der Waals surface area contributed by atoms with Gasteiger partial charge in [-0.15, -0.1) is 0 Å². The molecule has 0 radical (unpaired) electrons. The molecule has 3 rings (SSSR count). The molecule has 0 aliphatic heterocycles. The second-order valence-corrected chi connectivity index (χ2v) is 6.95. The fourth-order valence-corrected chi connectivity index (χ4v) is 3.53. The molecule has 0 fully saturated rings. The lowest BCUT2D eigenvalue weighted by atomic mass is 9.86. The third-order valence-electron chi connectivity index (χ3n) is 5.17. The smallest absolute Gasteiger partial charge is 0.227 e. The number of anilines is 2. The van der Waals surface area contributed by atoms with Gasteiger partial charge in [-0.3, -0.25) is 4.79 Å². The fourth-order valence-electron chi connectivity index (χ4n) is 3.53. The molecule has 144 valence electrons. The summed E-state index contributed by atoms with van der Waals surface area (Å²) in [5, 5.41) is 3.04. The van der Waals surface area contributed by atoms with Crippen molar-refractivity contribution in [2.45, 2.75) is 40.0 Å². The predicted molar refractivity (Wildman–Crippen MR) is 107 cm³/mol. The zero-order valence-corrected chi connectivity index (χ0v) is 16.6. The second-order valence-electron chi connectivity index (χ2n) is 6.95. The van der Waals surface area contributed by atoms with Crippen molar-refractivity contribution in [3.8, 4) is 5.75 Å². The van der Waals surface area contributed by atoms with Crippen LogP contribution >= 0.6 is 0 Å². The molecule has 1 N–H and O–H groups in total. The van der Waals surface area contributed by atoms with Crippen LogP contribution in [0.15, 0.2) is 24.4 Å². The lowest BCUT2D eigenvalue weighted by Crippen LogP contribution is -2.30. The summed E-state index contributed by atoms with van der Waals surface area (Å²) < 4.78 is 5.36. The van der Waals surface area contributed by atoms with Gasteiger partial charge in [0.2, 0.25) is 11.9 Å². The number of carbonyl (C=O) groups is 1. The van der Waals surface area contributed by atoms with E-state index in [0.29, 0.717) is 12.2 Å². The number of ether oxygens (including phenoxy) is 1. The van der Waals surface area contributed by atoms with Gasteiger partial charge in [-0.25, -0.2) is 9.97 Å². The minimum atomic E-state index is -0.0781. The van der Waals surface area contributed by atoms with Crippen molar-refractivity contribution in [3.05, 3.63) is 41.2 Å². The molecule has 1 aromatic carbocycles. The second kappa shape index (κ2) is 8.37. The number of hydrogen-bond acceptors (Lipinski definition) is 5. The van der Waals surface area contributed by atoms with Gasteiger partial charge in [0, 0.05) is 30.9 Å². The zero-order chi connectivity index (χ0) is 19.4. The van der Waals surface area contributed by atoms with E-state index < -0.39 is 0 Å². The minimum absolute atomic E-state index is 0.0253. The Hall–Kier alpha value is -2.63. The summed E-state index contributed by atoms with van der Waals surface area (Å²) in [5.74, 6) is 1.41. The van der Waals surface area contributed by atoms with E-state index in [4.69, 9.17) is 9.72 Å². The highest BCUT2D eigenvalue weighted by Gasteiger charge is 2.27. The Labute approximate surface area is 161 Å². The van der Waals surface area contributed by atoms with E-state index in [1.54, 1.807) is 7.11 Å². The largest absolute Gasteiger partial charge is 0.495 e. The molecule has 2 aromatic rings. The summed E-state index contributed by atoms with van der Waals surface area (Å²) in [7, 11) is 1.61. The topological polar surface area (TPSA) is 67.4 Å². The first kappa shape index (κ1) is 19.1. The molecule has 1 amide bonds. The Morgan fingerprint density at radius 3 is 2.81 bits per heavy atom. The van der Waals surface area contributed by atoms with Crippen LogP contribution in [0, 0.1) is 12.8 Å². The SMILES string of the molecule is CCN(CC)c1ncc2c(n1)CCC(C(=O)Nc1cc(C)ccc1OC)C2. The van der Waals surface area contributed by atoms with Crippen LogP contribution in [-0.4, -0.2) is 36.1 Å². The number of carbonyl (C=O) groups excluding carboxylic acids is 1. The van der Waals surface area contributed by atoms with Crippen molar-refractivity contribution in [1.82, 2.24) is 9.97 Å². The monoisotopic (exact) mass is 368 g/mol. The maximum absolute atomic E-state index is 12.8. The molecule has 0 saturated carbocycles. The van der Waals surface area contributed by atoms with Crippen molar-refractivity contribution in [1.29, 1.82) is 0 Å². The van der Waals surface area contributed by atoms with E-state index in [1.807, 2.05) is 31.3 Å². The average Bonchev–Trinajstić information content (AvgIpc) is 2.68. The highest BCUT2D eigenvalue weighted by Crippen LogP contribution is 2.29. The average molecular weight is 368 g/mol. The number of nitrogens with one attached hydrogen (secondary N) is 1. The zero-order valence-electron chi connectivity index (χ0n) is 16.6. The number of aryl methyl sites for hydroxylation is 2. The maximum atomic E-state index is 12.8. The predicted octanol–water partition coefficient (Wildman–Crippen LogP) is 3.38. The van der Waals surface area contributed by atoms with Gasteiger partial charge in [0.15, 0.2) is 0 Å². The van der Waals surface area contributed by atoms with Crippen molar-refractivity contribution < 1.29 is 9.53 Å². The van der Waals surface area contributed by atoms with E-state index >= 15 is 0 Å². The molecule has 1 atom stereocenters. The van der Waals surface area contributed by atoms with Gasteiger partial charge in [0.05, 0.1) is 12.8 Å². The van der Waals surface area contributed by atoms with Gasteiger partial charge in [-0.2, -0.15) is 0 Å². The summed E-state index contributed by atoms with van der Waals surface area (Å²) in [6.07, 6.45) is 4.16. The molecule has 1 aliphatic carbocycles. The maximum Gasteiger partial charge on any atom is 0.227 e. The normalized spacial score (nSPS) is 15.8. The van der Waals surface area contributed by atoms with Gasteiger partial charge < -0.3 is 15.0 Å². The number of amides is 1. The van der Waals surface area contributed by atoms with Crippen LogP contribution in [0.3, 0.4) is 0 Å². The van der Waals surface area contributed by atoms with Crippen molar-refractivity contribution in [2.24, 2.45) is 5.92 Å². The summed E-state index contributed by atoms with van der Waals surface area (Å²) >= 11 is 0. The highest BCUT2D eigenvalue weighted by atomic mass is 16.5. The van der Waals surface area contributed by atoms with Crippen molar-refractivity contribution in [3.63, 3.8) is 0 Å². The number of nitrogens with zero attached hydrogens (tertiary/aromatic N) is 3. The highest BCUT2D eigenvalue weighted by molar-refractivity contribution is 5.94. The fraction of sp³-hybridized carbons (Fsp3) is 0.476. The number of aromatic nitrogens is 2. The molecule has 6 nitrogen and oxygen atoms in total.